The summed E-state index contributed by atoms with van der Waals surface area (Å²) in [4.78, 5) is 25.2. The Morgan fingerprint density at radius 3 is 2.19 bits per heavy atom. The van der Waals surface area contributed by atoms with Crippen LogP contribution in [0.5, 0.6) is 0 Å². The fraction of sp³-hybridized carbons (Fsp3) is 0.800. The maximum Gasteiger partial charge on any atom is 0.323 e. The van der Waals surface area contributed by atoms with Crippen LogP contribution in [0.25, 0.3) is 0 Å². The van der Waals surface area contributed by atoms with Gasteiger partial charge in [0.1, 0.15) is 6.54 Å². The van der Waals surface area contributed by atoms with Crippen molar-refractivity contribution in [2.45, 2.75) is 26.8 Å². The maximum atomic E-state index is 11.9. The lowest BCUT2D eigenvalue weighted by Gasteiger charge is -2.31. The molecule has 0 aromatic rings. The van der Waals surface area contributed by atoms with Crippen molar-refractivity contribution in [3.8, 4) is 0 Å². The highest BCUT2D eigenvalue weighted by molar-refractivity contribution is 5.80. The molecule has 0 heterocycles. The summed E-state index contributed by atoms with van der Waals surface area (Å²) in [5.74, 6) is -1.04. The first-order chi connectivity index (χ1) is 7.43. The lowest BCUT2D eigenvalue weighted by atomic mass is 10.3. The molecule has 0 aromatic carbocycles. The van der Waals surface area contributed by atoms with Gasteiger partial charge in [0.25, 0.3) is 0 Å². The Morgan fingerprint density at radius 1 is 1.31 bits per heavy atom. The SMILES string of the molecule is CCN(CCO)C(=O)N(CC(=O)O)C(C)C. The summed E-state index contributed by atoms with van der Waals surface area (Å²) in [6, 6.07) is -0.537. The molecule has 0 rings (SSSR count). The molecular weight excluding hydrogens is 212 g/mol. The summed E-state index contributed by atoms with van der Waals surface area (Å²) in [6.45, 7) is 5.52. The van der Waals surface area contributed by atoms with Gasteiger partial charge in [0.2, 0.25) is 0 Å². The number of carboxylic acids is 1. The molecule has 0 saturated carbocycles. The fourth-order valence-electron chi connectivity index (χ4n) is 1.31. The summed E-state index contributed by atoms with van der Waals surface area (Å²) in [6.07, 6.45) is 0. The van der Waals surface area contributed by atoms with E-state index in [9.17, 15) is 9.59 Å². The van der Waals surface area contributed by atoms with Crippen molar-refractivity contribution in [1.29, 1.82) is 0 Å². The second kappa shape index (κ2) is 7.05. The van der Waals surface area contributed by atoms with Crippen molar-refractivity contribution < 1.29 is 19.8 Å². The van der Waals surface area contributed by atoms with Gasteiger partial charge in [-0.2, -0.15) is 0 Å². The quantitative estimate of drug-likeness (QED) is 0.686. The van der Waals surface area contributed by atoms with Gasteiger partial charge < -0.3 is 20.0 Å². The Balaban J connectivity index is 4.63. The lowest BCUT2D eigenvalue weighted by molar-refractivity contribution is -0.138. The molecule has 0 aliphatic carbocycles. The minimum atomic E-state index is -1.04. The molecule has 0 aliphatic rings. The topological polar surface area (TPSA) is 81.1 Å². The van der Waals surface area contributed by atoms with E-state index >= 15 is 0 Å². The second-order valence-corrected chi connectivity index (χ2v) is 3.70. The van der Waals surface area contributed by atoms with Gasteiger partial charge in [-0.15, -0.1) is 0 Å². The van der Waals surface area contributed by atoms with Crippen LogP contribution in [0.15, 0.2) is 0 Å². The number of nitrogens with zero attached hydrogens (tertiary/aromatic N) is 2. The Hall–Kier alpha value is -1.30. The largest absolute Gasteiger partial charge is 0.480 e. The van der Waals surface area contributed by atoms with Crippen LogP contribution < -0.4 is 0 Å². The van der Waals surface area contributed by atoms with E-state index < -0.39 is 5.97 Å². The highest BCUT2D eigenvalue weighted by Gasteiger charge is 2.23. The molecule has 0 radical (unpaired) electrons. The molecule has 0 unspecified atom stereocenters. The Kier molecular flexibility index (Phi) is 6.48. The minimum Gasteiger partial charge on any atom is -0.480 e. The van der Waals surface area contributed by atoms with E-state index in [4.69, 9.17) is 10.2 Å². The number of carbonyl (C=O) groups is 2. The van der Waals surface area contributed by atoms with Gasteiger partial charge in [0.05, 0.1) is 6.61 Å². The number of rotatable bonds is 6. The van der Waals surface area contributed by atoms with Gasteiger partial charge in [-0.05, 0) is 20.8 Å². The summed E-state index contributed by atoms with van der Waals surface area (Å²) in [5.41, 5.74) is 0. The zero-order valence-electron chi connectivity index (χ0n) is 10.0. The van der Waals surface area contributed by atoms with Crippen molar-refractivity contribution in [3.05, 3.63) is 0 Å². The maximum absolute atomic E-state index is 11.9. The van der Waals surface area contributed by atoms with Crippen LogP contribution in [-0.2, 0) is 4.79 Å². The molecule has 0 saturated heterocycles. The molecule has 2 amide bonds. The van der Waals surface area contributed by atoms with Gasteiger partial charge in [0, 0.05) is 19.1 Å². The fourth-order valence-corrected chi connectivity index (χ4v) is 1.31. The van der Waals surface area contributed by atoms with Crippen molar-refractivity contribution >= 4 is 12.0 Å². The van der Waals surface area contributed by atoms with Crippen molar-refractivity contribution in [1.82, 2.24) is 9.80 Å². The molecule has 16 heavy (non-hydrogen) atoms. The van der Waals surface area contributed by atoms with E-state index in [2.05, 4.69) is 0 Å². The number of carbonyl (C=O) groups excluding carboxylic acids is 1. The summed E-state index contributed by atoms with van der Waals surface area (Å²) in [5, 5.41) is 17.5. The number of aliphatic carboxylic acids is 1. The van der Waals surface area contributed by atoms with Gasteiger partial charge in [0.15, 0.2) is 0 Å². The lowest BCUT2D eigenvalue weighted by Crippen LogP contribution is -2.49. The third-order valence-electron chi connectivity index (χ3n) is 2.20. The smallest absolute Gasteiger partial charge is 0.323 e. The van der Waals surface area contributed by atoms with Crippen molar-refractivity contribution in [3.63, 3.8) is 0 Å². The van der Waals surface area contributed by atoms with E-state index in [1.54, 1.807) is 20.8 Å². The van der Waals surface area contributed by atoms with Crippen LogP contribution in [0, 0.1) is 0 Å². The van der Waals surface area contributed by atoms with Gasteiger partial charge >= 0.3 is 12.0 Å². The second-order valence-electron chi connectivity index (χ2n) is 3.70. The Bertz CT molecular complexity index is 243. The number of amides is 2. The number of likely N-dealkylation sites (N-methyl/N-ethyl adjacent to an activating group) is 1. The normalized spacial score (nSPS) is 10.3. The van der Waals surface area contributed by atoms with E-state index in [1.807, 2.05) is 0 Å². The first-order valence-corrected chi connectivity index (χ1v) is 5.32. The van der Waals surface area contributed by atoms with Crippen LogP contribution in [0.1, 0.15) is 20.8 Å². The summed E-state index contributed by atoms with van der Waals surface area (Å²) in [7, 11) is 0. The van der Waals surface area contributed by atoms with E-state index in [1.165, 1.54) is 9.80 Å². The number of carboxylic acid groups (broad SMARTS) is 1. The zero-order valence-corrected chi connectivity index (χ0v) is 10.0. The molecule has 0 bridgehead atoms. The predicted octanol–water partition coefficient (Wildman–Crippen LogP) is 0.216. The standard InChI is InChI=1S/C10H20N2O4/c1-4-11(5-6-13)10(16)12(8(2)3)7-9(14)15/h8,13H,4-7H2,1-3H3,(H,14,15). The summed E-state index contributed by atoms with van der Waals surface area (Å²) >= 11 is 0. The molecule has 0 spiro atoms. The summed E-state index contributed by atoms with van der Waals surface area (Å²) < 4.78 is 0. The van der Waals surface area contributed by atoms with Crippen molar-refractivity contribution in [2.24, 2.45) is 0 Å². The van der Waals surface area contributed by atoms with Crippen LogP contribution in [0.3, 0.4) is 0 Å². The molecule has 0 fully saturated rings. The molecule has 0 atom stereocenters. The molecule has 0 aromatic heterocycles. The molecule has 6 heteroatoms. The number of urea groups is 1. The van der Waals surface area contributed by atoms with Crippen molar-refractivity contribution in [2.75, 3.05) is 26.2 Å². The first kappa shape index (κ1) is 14.7. The van der Waals surface area contributed by atoms with Gasteiger partial charge in [-0.3, -0.25) is 4.79 Å². The highest BCUT2D eigenvalue weighted by atomic mass is 16.4. The molecule has 6 nitrogen and oxygen atoms in total. The minimum absolute atomic E-state index is 0.126. The van der Waals surface area contributed by atoms with Gasteiger partial charge in [-0.1, -0.05) is 0 Å². The van der Waals surface area contributed by atoms with E-state index in [-0.39, 0.29) is 31.8 Å². The monoisotopic (exact) mass is 232 g/mol. The molecule has 94 valence electrons. The van der Waals surface area contributed by atoms with Gasteiger partial charge in [-0.25, -0.2) is 4.79 Å². The number of hydrogen-bond donors (Lipinski definition) is 2. The van der Waals surface area contributed by atoms with E-state index in [0.29, 0.717) is 6.54 Å². The molecule has 0 aliphatic heterocycles. The van der Waals surface area contributed by atoms with Crippen LogP contribution >= 0.6 is 0 Å². The third kappa shape index (κ3) is 4.48. The van der Waals surface area contributed by atoms with E-state index in [0.717, 1.165) is 0 Å². The molecule has 2 N–H and O–H groups in total. The number of hydrogen-bond acceptors (Lipinski definition) is 3. The average Bonchev–Trinajstić information content (AvgIpc) is 2.21. The third-order valence-corrected chi connectivity index (χ3v) is 2.20. The predicted molar refractivity (Wildman–Crippen MR) is 59.2 cm³/mol. The van der Waals surface area contributed by atoms with Crippen LogP contribution in [0.4, 0.5) is 4.79 Å². The number of aliphatic hydroxyl groups excluding tert-OH is 1. The Labute approximate surface area is 95.5 Å². The van der Waals surface area contributed by atoms with Crippen LogP contribution in [-0.4, -0.2) is 64.3 Å². The highest BCUT2D eigenvalue weighted by Crippen LogP contribution is 2.04. The Morgan fingerprint density at radius 2 is 1.88 bits per heavy atom. The molecular formula is C10H20N2O4. The number of aliphatic hydroxyl groups is 1. The van der Waals surface area contributed by atoms with Crippen LogP contribution in [0.2, 0.25) is 0 Å². The first-order valence-electron chi connectivity index (χ1n) is 5.32. The average molecular weight is 232 g/mol. The zero-order chi connectivity index (χ0) is 12.7.